The van der Waals surface area contributed by atoms with Gasteiger partial charge in [0.25, 0.3) is 0 Å². The first-order valence-electron chi connectivity index (χ1n) is 14.7. The summed E-state index contributed by atoms with van der Waals surface area (Å²) in [5, 5.41) is 0. The van der Waals surface area contributed by atoms with Crippen molar-refractivity contribution in [3.63, 3.8) is 0 Å². The Labute approximate surface area is 311 Å². The highest BCUT2D eigenvalue weighted by molar-refractivity contribution is 8.68. The molecular weight excluding hydrogens is 953 g/mol. The van der Waals surface area contributed by atoms with Crippen molar-refractivity contribution in [3.8, 4) is 0 Å². The summed E-state index contributed by atoms with van der Waals surface area (Å²) in [5.41, 5.74) is 0. The molecule has 0 aliphatic carbocycles. The summed E-state index contributed by atoms with van der Waals surface area (Å²) < 4.78 is 423. The fourth-order valence-electron chi connectivity index (χ4n) is 4.31. The summed E-state index contributed by atoms with van der Waals surface area (Å²) in [6, 6.07) is 0. The second-order valence-corrected chi connectivity index (χ2v) is 13.5. The van der Waals surface area contributed by atoms with Gasteiger partial charge in [-0.15, -0.1) is 11.7 Å². The Morgan fingerprint density at radius 2 is 0.431 bits per heavy atom. The lowest BCUT2D eigenvalue weighted by atomic mass is 9.83. The first kappa shape index (κ1) is 56.5. The van der Waals surface area contributed by atoms with Crippen molar-refractivity contribution < 1.29 is 136 Å². The van der Waals surface area contributed by atoms with Crippen molar-refractivity contribution in [1.29, 1.82) is 0 Å². The summed E-state index contributed by atoms with van der Waals surface area (Å²) in [5.74, 6) is -130. The van der Waals surface area contributed by atoms with Gasteiger partial charge in [0, 0.05) is 12.2 Å². The molecule has 0 N–H and O–H groups in total. The number of rotatable bonds is 24. The maximum atomic E-state index is 14.1. The van der Waals surface area contributed by atoms with E-state index in [-0.39, 0.29) is 12.8 Å². The fraction of sp³-hybridized carbons (Fsp3) is 1.00. The molecule has 0 fully saturated rings. The zero-order valence-electron chi connectivity index (χ0n) is 27.1. The van der Waals surface area contributed by atoms with Crippen molar-refractivity contribution in [3.05, 3.63) is 0 Å². The Hall–Kier alpha value is -1.47. The second-order valence-electron chi connectivity index (χ2n) is 12.1. The molecule has 350 valence electrons. The molecule has 0 aliphatic rings. The monoisotopic (exact) mass is 974 g/mol. The van der Waals surface area contributed by atoms with Crippen LogP contribution in [0.3, 0.4) is 0 Å². The Balaban J connectivity index is 6.97. The summed E-state index contributed by atoms with van der Waals surface area (Å²) in [6.07, 6.45) is -11.4. The average molecular weight is 975 g/mol. The Morgan fingerprint density at radius 1 is 0.241 bits per heavy atom. The summed E-state index contributed by atoms with van der Waals surface area (Å²) in [6.45, 7) is 0. The number of hydrogen-bond acceptors (Lipinski definition) is 2. The zero-order chi connectivity index (χ0) is 47.3. The molecule has 0 spiro atoms. The summed E-state index contributed by atoms with van der Waals surface area (Å²) >= 11 is 3.82. The third-order valence-corrected chi connectivity index (χ3v) is 9.04. The van der Waals surface area contributed by atoms with Crippen molar-refractivity contribution in [1.82, 2.24) is 0 Å². The van der Waals surface area contributed by atoms with Crippen molar-refractivity contribution >= 4 is 22.5 Å². The molecule has 0 saturated heterocycles. The molecule has 0 unspecified atom stereocenters. The highest BCUT2D eigenvalue weighted by Gasteiger charge is 3.01. The van der Waals surface area contributed by atoms with Crippen LogP contribution >= 0.6 is 22.5 Å². The standard InChI is InChI=1S/C25H21F31S2/c26-11(27,9-7-5-3-1-2-4-6-8-10-58-57)12(28,29)13(30,31)14(32,33)15(34,35)16(36,37)17(38,39)18(40,41)19(42,43)20(44,45)21(46,47)22(48,49)23(50,51)24(52,53)25(54,55)56/h57H,1-10H2. The smallest absolute Gasteiger partial charge is 0.200 e. The number of unbranched alkanes of at least 4 members (excludes halogenated alkanes) is 7. The van der Waals surface area contributed by atoms with E-state index in [4.69, 9.17) is 0 Å². The van der Waals surface area contributed by atoms with Gasteiger partial charge < -0.3 is 0 Å². The fourth-order valence-corrected chi connectivity index (χ4v) is 5.03. The first-order chi connectivity index (χ1) is 25.1. The molecule has 0 atom stereocenters. The van der Waals surface area contributed by atoms with E-state index < -0.39 is 108 Å². The van der Waals surface area contributed by atoms with Crippen LogP contribution in [-0.4, -0.2) is 94.8 Å². The molecule has 33 heteroatoms. The molecule has 0 bridgehead atoms. The van der Waals surface area contributed by atoms with Crippen LogP contribution in [0, 0.1) is 0 Å². The van der Waals surface area contributed by atoms with Gasteiger partial charge in [0.15, 0.2) is 0 Å². The van der Waals surface area contributed by atoms with Gasteiger partial charge in [0.2, 0.25) is 0 Å². The van der Waals surface area contributed by atoms with E-state index in [1.165, 1.54) is 0 Å². The van der Waals surface area contributed by atoms with Crippen LogP contribution in [0.25, 0.3) is 0 Å². The molecule has 0 rings (SSSR count). The predicted molar refractivity (Wildman–Crippen MR) is 138 cm³/mol. The SMILES string of the molecule is FC(F)(F)C(F)(F)C(F)(F)C(F)(F)C(F)(F)C(F)(F)C(F)(F)C(F)(F)C(F)(F)C(F)(F)C(F)(F)C(F)(F)C(F)(F)C(F)(F)C(F)(F)CCCCCCCCCCSS. The molecular formula is C25H21F31S2. The number of hydrogen-bond donors (Lipinski definition) is 1. The van der Waals surface area contributed by atoms with Gasteiger partial charge in [-0.2, -0.15) is 136 Å². The highest BCUT2D eigenvalue weighted by atomic mass is 33.1. The van der Waals surface area contributed by atoms with Crippen LogP contribution in [-0.2, 0) is 0 Å². The van der Waals surface area contributed by atoms with Crippen LogP contribution in [0.1, 0.15) is 57.8 Å². The van der Waals surface area contributed by atoms with Crippen LogP contribution in [0.5, 0.6) is 0 Å². The van der Waals surface area contributed by atoms with Crippen LogP contribution in [0.15, 0.2) is 0 Å². The van der Waals surface area contributed by atoms with Crippen LogP contribution in [0.2, 0.25) is 0 Å². The molecule has 0 aromatic rings. The third kappa shape index (κ3) is 8.26. The van der Waals surface area contributed by atoms with E-state index in [0.717, 1.165) is 10.8 Å². The van der Waals surface area contributed by atoms with Gasteiger partial charge in [-0.1, -0.05) is 49.3 Å². The van der Waals surface area contributed by atoms with E-state index in [9.17, 15) is 136 Å². The minimum Gasteiger partial charge on any atom is -0.200 e. The zero-order valence-corrected chi connectivity index (χ0v) is 28.9. The Bertz CT molecular complexity index is 1350. The number of alkyl halides is 31. The lowest BCUT2D eigenvalue weighted by molar-refractivity contribution is -0.489. The van der Waals surface area contributed by atoms with E-state index >= 15 is 0 Å². The normalized spacial score (nSPS) is 16.3. The lowest BCUT2D eigenvalue weighted by Gasteiger charge is -2.46. The first-order valence-corrected chi connectivity index (χ1v) is 16.7. The van der Waals surface area contributed by atoms with Crippen LogP contribution in [0.4, 0.5) is 136 Å². The van der Waals surface area contributed by atoms with Gasteiger partial charge in [-0.3, -0.25) is 0 Å². The summed E-state index contributed by atoms with van der Waals surface area (Å²) in [4.78, 5) is 0. The average Bonchev–Trinajstić information content (AvgIpc) is 3.03. The minimum atomic E-state index is -10.1. The molecule has 0 aromatic carbocycles. The minimum absolute atomic E-state index is 0.0931. The topological polar surface area (TPSA) is 0 Å². The maximum Gasteiger partial charge on any atom is 0.460 e. The van der Waals surface area contributed by atoms with E-state index in [1.54, 1.807) is 0 Å². The Kier molecular flexibility index (Phi) is 16.2. The molecule has 0 aliphatic heterocycles. The lowest BCUT2D eigenvalue weighted by Crippen LogP contribution is -2.79. The molecule has 0 nitrogen and oxygen atoms in total. The van der Waals surface area contributed by atoms with Crippen molar-refractivity contribution in [2.45, 2.75) is 147 Å². The molecule has 0 aromatic heterocycles. The van der Waals surface area contributed by atoms with E-state index in [2.05, 4.69) is 11.7 Å². The number of halogens is 31. The quantitative estimate of drug-likeness (QED) is 0.0435. The third-order valence-electron chi connectivity index (χ3n) is 8.02. The van der Waals surface area contributed by atoms with Gasteiger partial charge in [-0.05, 0) is 12.8 Å². The predicted octanol–water partition coefficient (Wildman–Crippen LogP) is 14.5. The molecule has 0 amide bonds. The van der Waals surface area contributed by atoms with Gasteiger partial charge in [0.05, 0.1) is 0 Å². The molecule has 58 heavy (non-hydrogen) atoms. The van der Waals surface area contributed by atoms with E-state index in [1.807, 2.05) is 0 Å². The van der Waals surface area contributed by atoms with Crippen molar-refractivity contribution in [2.24, 2.45) is 0 Å². The van der Waals surface area contributed by atoms with Gasteiger partial charge >= 0.3 is 89.1 Å². The molecule has 0 heterocycles. The van der Waals surface area contributed by atoms with Crippen LogP contribution < -0.4 is 0 Å². The summed E-state index contributed by atoms with van der Waals surface area (Å²) in [7, 11) is 1.15. The van der Waals surface area contributed by atoms with Gasteiger partial charge in [0.1, 0.15) is 0 Å². The van der Waals surface area contributed by atoms with Gasteiger partial charge in [-0.25, -0.2) is 0 Å². The largest absolute Gasteiger partial charge is 0.460 e. The maximum absolute atomic E-state index is 14.1. The molecule has 0 saturated carbocycles. The number of thiol groups is 1. The highest BCUT2D eigenvalue weighted by Crippen LogP contribution is 2.69. The van der Waals surface area contributed by atoms with E-state index in [0.29, 0.717) is 31.4 Å². The molecule has 0 radical (unpaired) electrons. The van der Waals surface area contributed by atoms with Crippen molar-refractivity contribution in [2.75, 3.05) is 5.75 Å². The Morgan fingerprint density at radius 3 is 0.655 bits per heavy atom. The second kappa shape index (κ2) is 16.7.